The highest BCUT2D eigenvalue weighted by Crippen LogP contribution is 2.47. The minimum atomic E-state index is -0.618. The van der Waals surface area contributed by atoms with Gasteiger partial charge in [-0.05, 0) is 49.1 Å². The van der Waals surface area contributed by atoms with Gasteiger partial charge < -0.3 is 15.1 Å². The first-order valence-corrected chi connectivity index (χ1v) is 13.2. The summed E-state index contributed by atoms with van der Waals surface area (Å²) in [6, 6.07) is 12.5. The fourth-order valence-corrected chi connectivity index (χ4v) is 6.55. The van der Waals surface area contributed by atoms with Gasteiger partial charge in [0.05, 0.1) is 27.5 Å². The fraction of sp³-hybridized carbons (Fsp3) is 0.130. The molecule has 10 heteroatoms. The number of anilines is 2. The van der Waals surface area contributed by atoms with Crippen molar-refractivity contribution in [1.29, 1.82) is 0 Å². The number of fused-ring (bicyclic) bond motifs is 1. The van der Waals surface area contributed by atoms with E-state index in [-0.39, 0.29) is 17.0 Å². The van der Waals surface area contributed by atoms with Gasteiger partial charge in [-0.2, -0.15) is 0 Å². The van der Waals surface area contributed by atoms with Crippen LogP contribution in [-0.2, 0) is 0 Å². The Labute approximate surface area is 199 Å². The number of aromatic hydroxyl groups is 2. The number of thiophene rings is 1. The first kappa shape index (κ1) is 21.8. The van der Waals surface area contributed by atoms with Crippen molar-refractivity contribution >= 4 is 53.3 Å². The molecular weight excluding hydrogens is 480 g/mol. The smallest absolute Gasteiger partial charge is 0.262 e. The third kappa shape index (κ3) is 3.66. The number of hydrogen-bond acceptors (Lipinski definition) is 7. The average Bonchev–Trinajstić information content (AvgIpc) is 3.47. The lowest BCUT2D eigenvalue weighted by Crippen LogP contribution is -2.48. The van der Waals surface area contributed by atoms with Crippen LogP contribution in [0.15, 0.2) is 53.9 Å². The van der Waals surface area contributed by atoms with E-state index in [0.29, 0.717) is 14.3 Å². The summed E-state index contributed by atoms with van der Waals surface area (Å²) in [6.07, 6.45) is -0.618. The Morgan fingerprint density at radius 2 is 1.94 bits per heavy atom. The van der Waals surface area contributed by atoms with E-state index in [1.165, 1.54) is 34.4 Å². The molecule has 0 aliphatic carbocycles. The van der Waals surface area contributed by atoms with Crippen LogP contribution < -0.4 is 14.5 Å². The van der Waals surface area contributed by atoms with Crippen LogP contribution in [0.5, 0.6) is 11.5 Å². The van der Waals surface area contributed by atoms with Gasteiger partial charge in [-0.25, -0.2) is 9.37 Å². The predicted octanol–water partition coefficient (Wildman–Crippen LogP) is 5.15. The van der Waals surface area contributed by atoms with Crippen LogP contribution in [0.2, 0.25) is 0 Å². The summed E-state index contributed by atoms with van der Waals surface area (Å²) in [5.41, 5.74) is 1.80. The zero-order valence-corrected chi connectivity index (χ0v) is 20.2. The van der Waals surface area contributed by atoms with Gasteiger partial charge in [0.1, 0.15) is 16.7 Å². The van der Waals surface area contributed by atoms with E-state index in [0.717, 1.165) is 20.2 Å². The summed E-state index contributed by atoms with van der Waals surface area (Å²) in [4.78, 5) is 23.4. The van der Waals surface area contributed by atoms with E-state index < -0.39 is 23.6 Å². The Kier molecular flexibility index (Phi) is 5.56. The maximum Gasteiger partial charge on any atom is 0.262 e. The molecule has 2 unspecified atom stereocenters. The zero-order chi connectivity index (χ0) is 23.3. The third-order valence-corrected chi connectivity index (χ3v) is 8.81. The number of aromatic nitrogens is 1. The molecule has 168 valence electrons. The second-order valence-electron chi connectivity index (χ2n) is 7.46. The molecule has 0 spiro atoms. The highest BCUT2D eigenvalue weighted by Gasteiger charge is 2.40. The van der Waals surface area contributed by atoms with E-state index in [1.54, 1.807) is 29.5 Å². The number of phenols is 2. The monoisotopic (exact) mass is 499 g/mol. The van der Waals surface area contributed by atoms with Crippen LogP contribution >= 0.6 is 31.3 Å². The molecular formula is C23H19FN3O3PS2. The lowest BCUT2D eigenvalue weighted by molar-refractivity contribution is 0.0968. The molecule has 5 rings (SSSR count). The molecule has 6 nitrogen and oxygen atoms in total. The number of carbonyl (C=O) groups excluding carboxylic acids is 1. The van der Waals surface area contributed by atoms with Crippen molar-refractivity contribution in [3.8, 4) is 22.1 Å². The Balaban J connectivity index is 1.67. The quantitative estimate of drug-likeness (QED) is 0.300. The summed E-state index contributed by atoms with van der Waals surface area (Å²) in [6.45, 7) is 2.09. The molecule has 1 amide bonds. The van der Waals surface area contributed by atoms with Gasteiger partial charge in [-0.3, -0.25) is 9.69 Å². The van der Waals surface area contributed by atoms with Gasteiger partial charge in [0.25, 0.3) is 5.91 Å². The molecule has 2 atom stereocenters. The highest BCUT2D eigenvalue weighted by atomic mass is 32.1. The molecule has 4 aromatic rings. The van der Waals surface area contributed by atoms with Crippen LogP contribution in [0.4, 0.5) is 15.8 Å². The molecule has 1 aliphatic heterocycles. The number of hydrogen-bond donors (Lipinski definition) is 2. The summed E-state index contributed by atoms with van der Waals surface area (Å²) in [7, 11) is 2.44. The van der Waals surface area contributed by atoms with Crippen LogP contribution in [0.1, 0.15) is 21.4 Å². The van der Waals surface area contributed by atoms with Crippen molar-refractivity contribution in [1.82, 2.24) is 4.98 Å². The number of carbonyl (C=O) groups is 1. The number of phenolic OH excluding ortho intramolecular Hbond substituents is 2. The van der Waals surface area contributed by atoms with Crippen molar-refractivity contribution in [2.24, 2.45) is 0 Å². The normalized spacial score (nSPS) is 16.1. The maximum atomic E-state index is 14.0. The number of benzene rings is 2. The maximum absolute atomic E-state index is 14.0. The Bertz CT molecular complexity index is 1370. The molecule has 1 aliphatic rings. The summed E-state index contributed by atoms with van der Waals surface area (Å²) in [5.74, 6) is -1.74. The SMILES string of the molecule is CPc1nc(-c2ccc(C3N(C)c4ccc(F)cc4C(=O)N3c3cccc(O)c3O)s2)cs1. The molecule has 33 heavy (non-hydrogen) atoms. The standard InChI is InChI=1S/C23H19FN3O3PS2/c1-26-15-7-6-12(24)10-13(15)22(30)27(16-4-3-5-17(28)20(16)29)21(26)19-9-8-18(33-19)14-11-32-23(25-14)31-2/h3-11,21,28-29,31H,1-2H3. The van der Waals surface area contributed by atoms with Gasteiger partial charge in [0.2, 0.25) is 0 Å². The first-order chi connectivity index (χ1) is 15.9. The molecule has 0 radical (unpaired) electrons. The number of para-hydroxylation sites is 1. The largest absolute Gasteiger partial charge is 0.504 e. The highest BCUT2D eigenvalue weighted by molar-refractivity contribution is 7.55. The summed E-state index contributed by atoms with van der Waals surface area (Å²) < 4.78 is 15.1. The van der Waals surface area contributed by atoms with E-state index in [4.69, 9.17) is 0 Å². The molecule has 0 bridgehead atoms. The van der Waals surface area contributed by atoms with Gasteiger partial charge in [0.15, 0.2) is 11.5 Å². The van der Waals surface area contributed by atoms with E-state index >= 15 is 0 Å². The second kappa shape index (κ2) is 8.41. The molecule has 2 aromatic carbocycles. The minimum absolute atomic E-state index is 0.143. The average molecular weight is 500 g/mol. The Morgan fingerprint density at radius 1 is 1.12 bits per heavy atom. The third-order valence-electron chi connectivity index (χ3n) is 5.50. The molecule has 3 heterocycles. The number of halogens is 1. The molecule has 0 saturated heterocycles. The van der Waals surface area contributed by atoms with Gasteiger partial charge >= 0.3 is 0 Å². The molecule has 2 aromatic heterocycles. The van der Waals surface area contributed by atoms with Gasteiger partial charge in [-0.1, -0.05) is 14.6 Å². The number of thiazole rings is 1. The van der Waals surface area contributed by atoms with Crippen molar-refractivity contribution in [3.63, 3.8) is 0 Å². The van der Waals surface area contributed by atoms with Crippen molar-refractivity contribution in [3.05, 3.63) is 70.2 Å². The Morgan fingerprint density at radius 3 is 2.70 bits per heavy atom. The van der Waals surface area contributed by atoms with E-state index in [1.807, 2.05) is 29.5 Å². The molecule has 0 fully saturated rings. The Hall–Kier alpha value is -3.00. The molecule has 2 N–H and O–H groups in total. The van der Waals surface area contributed by atoms with Crippen molar-refractivity contribution < 1.29 is 19.4 Å². The van der Waals surface area contributed by atoms with E-state index in [9.17, 15) is 19.4 Å². The van der Waals surface area contributed by atoms with Crippen LogP contribution in [-0.4, -0.2) is 34.8 Å². The van der Waals surface area contributed by atoms with Crippen LogP contribution in [0.25, 0.3) is 10.6 Å². The zero-order valence-electron chi connectivity index (χ0n) is 17.6. The lowest BCUT2D eigenvalue weighted by Gasteiger charge is -2.43. The number of rotatable bonds is 4. The first-order valence-electron chi connectivity index (χ1n) is 9.99. The summed E-state index contributed by atoms with van der Waals surface area (Å²) >= 11 is 3.12. The lowest BCUT2D eigenvalue weighted by atomic mass is 10.0. The topological polar surface area (TPSA) is 76.9 Å². The van der Waals surface area contributed by atoms with Gasteiger partial charge in [-0.15, -0.1) is 22.7 Å². The fourth-order valence-electron chi connectivity index (χ4n) is 3.94. The number of amides is 1. The minimum Gasteiger partial charge on any atom is -0.504 e. The van der Waals surface area contributed by atoms with E-state index in [2.05, 4.69) is 11.6 Å². The van der Waals surface area contributed by atoms with Crippen molar-refractivity contribution in [2.75, 3.05) is 23.5 Å². The van der Waals surface area contributed by atoms with Crippen LogP contribution in [0.3, 0.4) is 0 Å². The predicted molar refractivity (Wildman–Crippen MR) is 133 cm³/mol. The summed E-state index contributed by atoms with van der Waals surface area (Å²) in [5, 5.41) is 22.7. The van der Waals surface area contributed by atoms with Gasteiger partial charge in [0, 0.05) is 17.3 Å². The number of nitrogens with zero attached hydrogens (tertiary/aromatic N) is 3. The second-order valence-corrected chi connectivity index (χ2v) is 10.8. The molecule has 0 saturated carbocycles. The van der Waals surface area contributed by atoms with Crippen LogP contribution in [0, 0.1) is 5.82 Å². The van der Waals surface area contributed by atoms with Crippen molar-refractivity contribution in [2.45, 2.75) is 6.17 Å².